The summed E-state index contributed by atoms with van der Waals surface area (Å²) < 4.78 is 24.2. The molecule has 3 nitrogen and oxygen atoms in total. The molecule has 20 heavy (non-hydrogen) atoms. The minimum absolute atomic E-state index is 0.338. The molecule has 0 saturated carbocycles. The second-order valence-corrected chi connectivity index (χ2v) is 4.69. The van der Waals surface area contributed by atoms with Crippen molar-refractivity contribution < 1.29 is 13.9 Å². The number of ether oxygens (including phenoxy) is 2. The molecule has 2 rings (SSSR count). The predicted octanol–water partition coefficient (Wildman–Crippen LogP) is 3.54. The minimum atomic E-state index is -0.631. The maximum absolute atomic E-state index is 13.8. The van der Waals surface area contributed by atoms with Crippen molar-refractivity contribution in [3.63, 3.8) is 0 Å². The van der Waals surface area contributed by atoms with E-state index in [2.05, 4.69) is 0 Å². The van der Waals surface area contributed by atoms with Gasteiger partial charge in [0, 0.05) is 10.6 Å². The van der Waals surface area contributed by atoms with Crippen LogP contribution in [0.5, 0.6) is 11.5 Å². The van der Waals surface area contributed by atoms with Gasteiger partial charge in [0.05, 0.1) is 20.3 Å². The lowest BCUT2D eigenvalue weighted by atomic mass is 9.98. The standard InChI is InChI=1S/C15H15ClFNO2/c1-19-13-6-3-9(7-14(13)20-2)15(18)11-8-10(16)4-5-12(11)17/h3-8,15H,18H2,1-2H3. The smallest absolute Gasteiger partial charge is 0.161 e. The van der Waals surface area contributed by atoms with Crippen LogP contribution in [0.4, 0.5) is 4.39 Å². The molecule has 0 bridgehead atoms. The molecule has 0 aliphatic rings. The fourth-order valence-electron chi connectivity index (χ4n) is 1.98. The van der Waals surface area contributed by atoms with Crippen LogP contribution < -0.4 is 15.2 Å². The van der Waals surface area contributed by atoms with Gasteiger partial charge in [-0.2, -0.15) is 0 Å². The quantitative estimate of drug-likeness (QED) is 0.938. The Morgan fingerprint density at radius 1 is 1.05 bits per heavy atom. The van der Waals surface area contributed by atoms with E-state index in [1.165, 1.54) is 25.3 Å². The average molecular weight is 296 g/mol. The lowest BCUT2D eigenvalue weighted by Gasteiger charge is -2.16. The fourth-order valence-corrected chi connectivity index (χ4v) is 2.16. The fraction of sp³-hybridized carbons (Fsp3) is 0.200. The van der Waals surface area contributed by atoms with Gasteiger partial charge in [-0.15, -0.1) is 0 Å². The van der Waals surface area contributed by atoms with Crippen LogP contribution in [-0.4, -0.2) is 14.2 Å². The number of methoxy groups -OCH3 is 2. The van der Waals surface area contributed by atoms with Gasteiger partial charge in [-0.3, -0.25) is 0 Å². The van der Waals surface area contributed by atoms with Gasteiger partial charge in [0.2, 0.25) is 0 Å². The van der Waals surface area contributed by atoms with Crippen molar-refractivity contribution >= 4 is 11.6 Å². The van der Waals surface area contributed by atoms with Crippen LogP contribution in [0.25, 0.3) is 0 Å². The zero-order chi connectivity index (χ0) is 14.7. The normalized spacial score (nSPS) is 12.1. The number of hydrogen-bond donors (Lipinski definition) is 1. The Kier molecular flexibility index (Phi) is 4.47. The van der Waals surface area contributed by atoms with E-state index in [9.17, 15) is 4.39 Å². The molecule has 0 heterocycles. The third kappa shape index (κ3) is 2.86. The molecule has 0 radical (unpaired) electrons. The first-order valence-corrected chi connectivity index (χ1v) is 6.37. The van der Waals surface area contributed by atoms with Crippen LogP contribution in [0.3, 0.4) is 0 Å². The zero-order valence-electron chi connectivity index (χ0n) is 11.2. The van der Waals surface area contributed by atoms with E-state index in [-0.39, 0.29) is 0 Å². The Morgan fingerprint density at radius 3 is 2.40 bits per heavy atom. The number of rotatable bonds is 4. The summed E-state index contributed by atoms with van der Waals surface area (Å²) in [6, 6.07) is 8.92. The van der Waals surface area contributed by atoms with E-state index < -0.39 is 11.9 Å². The summed E-state index contributed by atoms with van der Waals surface area (Å²) in [6.07, 6.45) is 0. The lowest BCUT2D eigenvalue weighted by molar-refractivity contribution is 0.354. The van der Waals surface area contributed by atoms with Crippen LogP contribution in [0.1, 0.15) is 17.2 Å². The highest BCUT2D eigenvalue weighted by Crippen LogP contribution is 2.32. The van der Waals surface area contributed by atoms with Crippen LogP contribution in [0.2, 0.25) is 5.02 Å². The van der Waals surface area contributed by atoms with E-state index in [0.29, 0.717) is 27.6 Å². The Balaban J connectivity index is 2.42. The molecule has 0 fully saturated rings. The summed E-state index contributed by atoms with van der Waals surface area (Å²) in [4.78, 5) is 0. The van der Waals surface area contributed by atoms with E-state index in [4.69, 9.17) is 26.8 Å². The van der Waals surface area contributed by atoms with Crippen LogP contribution in [0.15, 0.2) is 36.4 Å². The molecule has 0 spiro atoms. The van der Waals surface area contributed by atoms with Crippen LogP contribution >= 0.6 is 11.6 Å². The molecule has 0 amide bonds. The molecule has 0 aromatic heterocycles. The Morgan fingerprint density at radius 2 is 1.75 bits per heavy atom. The number of benzene rings is 2. The van der Waals surface area contributed by atoms with Gasteiger partial charge in [-0.25, -0.2) is 4.39 Å². The first-order chi connectivity index (χ1) is 9.56. The van der Waals surface area contributed by atoms with Crippen molar-refractivity contribution in [1.29, 1.82) is 0 Å². The largest absolute Gasteiger partial charge is 0.493 e. The summed E-state index contributed by atoms with van der Waals surface area (Å²) in [5, 5.41) is 0.442. The topological polar surface area (TPSA) is 44.5 Å². The maximum Gasteiger partial charge on any atom is 0.161 e. The minimum Gasteiger partial charge on any atom is -0.493 e. The first-order valence-electron chi connectivity index (χ1n) is 5.99. The van der Waals surface area contributed by atoms with E-state index >= 15 is 0 Å². The summed E-state index contributed by atoms with van der Waals surface area (Å²) in [6.45, 7) is 0. The summed E-state index contributed by atoms with van der Waals surface area (Å²) in [5.74, 6) is 0.745. The van der Waals surface area contributed by atoms with Gasteiger partial charge in [0.1, 0.15) is 5.82 Å². The Labute approximate surface area is 122 Å². The van der Waals surface area contributed by atoms with Crippen molar-refractivity contribution in [1.82, 2.24) is 0 Å². The van der Waals surface area contributed by atoms with Crippen molar-refractivity contribution in [2.45, 2.75) is 6.04 Å². The van der Waals surface area contributed by atoms with E-state index in [0.717, 1.165) is 0 Å². The molecule has 2 N–H and O–H groups in total. The predicted molar refractivity (Wildman–Crippen MR) is 77.0 cm³/mol. The maximum atomic E-state index is 13.8. The molecular weight excluding hydrogens is 281 g/mol. The SMILES string of the molecule is COc1ccc(C(N)c2cc(Cl)ccc2F)cc1OC. The molecule has 5 heteroatoms. The van der Waals surface area contributed by atoms with Gasteiger partial charge in [0.15, 0.2) is 11.5 Å². The second kappa shape index (κ2) is 6.11. The van der Waals surface area contributed by atoms with Crippen molar-refractivity contribution in [3.05, 3.63) is 58.4 Å². The summed E-state index contributed by atoms with van der Waals surface area (Å²) >= 11 is 5.89. The van der Waals surface area contributed by atoms with Gasteiger partial charge >= 0.3 is 0 Å². The molecule has 2 aromatic carbocycles. The van der Waals surface area contributed by atoms with Crippen LogP contribution in [0, 0.1) is 5.82 Å². The average Bonchev–Trinajstić information content (AvgIpc) is 2.48. The lowest BCUT2D eigenvalue weighted by Crippen LogP contribution is -2.14. The van der Waals surface area contributed by atoms with Gasteiger partial charge < -0.3 is 15.2 Å². The van der Waals surface area contributed by atoms with Crippen molar-refractivity contribution in [2.24, 2.45) is 5.73 Å². The van der Waals surface area contributed by atoms with E-state index in [1.807, 2.05) is 0 Å². The van der Waals surface area contributed by atoms with Gasteiger partial charge in [-0.05, 0) is 35.9 Å². The highest BCUT2D eigenvalue weighted by atomic mass is 35.5. The van der Waals surface area contributed by atoms with Crippen LogP contribution in [-0.2, 0) is 0 Å². The highest BCUT2D eigenvalue weighted by molar-refractivity contribution is 6.30. The molecule has 106 valence electrons. The number of hydrogen-bond acceptors (Lipinski definition) is 3. The Hall–Kier alpha value is -1.78. The summed E-state index contributed by atoms with van der Waals surface area (Å²) in [5.41, 5.74) is 7.16. The Bertz CT molecular complexity index is 619. The second-order valence-electron chi connectivity index (χ2n) is 4.26. The molecule has 1 unspecified atom stereocenters. The molecule has 0 aliphatic heterocycles. The monoisotopic (exact) mass is 295 g/mol. The highest BCUT2D eigenvalue weighted by Gasteiger charge is 2.16. The molecule has 2 aromatic rings. The molecule has 0 saturated heterocycles. The molecule has 0 aliphatic carbocycles. The zero-order valence-corrected chi connectivity index (χ0v) is 11.9. The molecular formula is C15H15ClFNO2. The number of halogens is 2. The van der Waals surface area contributed by atoms with Crippen molar-refractivity contribution in [2.75, 3.05) is 14.2 Å². The van der Waals surface area contributed by atoms with Gasteiger partial charge in [-0.1, -0.05) is 17.7 Å². The molecule has 1 atom stereocenters. The third-order valence-corrected chi connectivity index (χ3v) is 3.29. The van der Waals surface area contributed by atoms with Gasteiger partial charge in [0.25, 0.3) is 0 Å². The third-order valence-electron chi connectivity index (χ3n) is 3.06. The van der Waals surface area contributed by atoms with Crippen molar-refractivity contribution in [3.8, 4) is 11.5 Å². The first kappa shape index (κ1) is 14.6. The summed E-state index contributed by atoms with van der Waals surface area (Å²) in [7, 11) is 3.08. The number of nitrogens with two attached hydrogens (primary N) is 1. The van der Waals surface area contributed by atoms with E-state index in [1.54, 1.807) is 25.3 Å².